The van der Waals surface area contributed by atoms with Crippen molar-refractivity contribution < 1.29 is 23.8 Å². The summed E-state index contributed by atoms with van der Waals surface area (Å²) in [6, 6.07) is 9.83. The lowest BCUT2D eigenvalue weighted by Crippen LogP contribution is -2.34. The van der Waals surface area contributed by atoms with Crippen LogP contribution >= 0.6 is 11.6 Å². The summed E-state index contributed by atoms with van der Waals surface area (Å²) in [4.78, 5) is 21.6. The van der Waals surface area contributed by atoms with Crippen molar-refractivity contribution in [2.24, 2.45) is 5.16 Å². The number of fused-ring (bicyclic) bond motifs is 1. The van der Waals surface area contributed by atoms with E-state index in [0.717, 1.165) is 5.39 Å². The van der Waals surface area contributed by atoms with Gasteiger partial charge in [-0.05, 0) is 31.2 Å². The predicted molar refractivity (Wildman–Crippen MR) is 121 cm³/mol. The summed E-state index contributed by atoms with van der Waals surface area (Å²) in [7, 11) is 3.13. The van der Waals surface area contributed by atoms with Crippen LogP contribution in [0.5, 0.6) is 23.0 Å². The minimum atomic E-state index is -0.460. The van der Waals surface area contributed by atoms with Gasteiger partial charge in [-0.1, -0.05) is 16.8 Å². The maximum absolute atomic E-state index is 12.2. The molecule has 0 spiro atoms. The van der Waals surface area contributed by atoms with E-state index in [9.17, 15) is 4.79 Å². The van der Waals surface area contributed by atoms with Gasteiger partial charge < -0.3 is 24.4 Å². The summed E-state index contributed by atoms with van der Waals surface area (Å²) in [6.07, 6.45) is 2.11. The molecule has 32 heavy (non-hydrogen) atoms. The summed E-state index contributed by atoms with van der Waals surface area (Å²) < 4.78 is 16.8. The number of urea groups is 1. The third kappa shape index (κ3) is 4.62. The van der Waals surface area contributed by atoms with E-state index < -0.39 is 6.03 Å². The molecule has 0 bridgehead atoms. The molecule has 1 unspecified atom stereocenters. The molecule has 2 heterocycles. The number of hydrogen-bond acceptors (Lipinski definition) is 7. The molecule has 166 valence electrons. The first-order valence-corrected chi connectivity index (χ1v) is 10.1. The number of benzene rings is 2. The SMILES string of the molecule is COc1cc2nccc(Oc3ccc(NC(=O)NC4=NOC(C)C4)c(Cl)c3)c2cc1OC. The monoisotopic (exact) mass is 456 g/mol. The number of halogens is 1. The van der Waals surface area contributed by atoms with E-state index in [1.807, 2.05) is 6.92 Å². The lowest BCUT2D eigenvalue weighted by atomic mass is 10.2. The number of amides is 2. The number of ether oxygens (including phenoxy) is 3. The van der Waals surface area contributed by atoms with Gasteiger partial charge in [0, 0.05) is 30.1 Å². The van der Waals surface area contributed by atoms with Gasteiger partial charge in [0.2, 0.25) is 0 Å². The average molecular weight is 457 g/mol. The number of anilines is 1. The molecule has 1 aliphatic heterocycles. The molecule has 4 rings (SSSR count). The van der Waals surface area contributed by atoms with Gasteiger partial charge in [-0.2, -0.15) is 0 Å². The Bertz CT molecular complexity index is 1200. The van der Waals surface area contributed by atoms with Crippen molar-refractivity contribution >= 4 is 40.1 Å². The minimum absolute atomic E-state index is 0.0596. The molecule has 0 saturated carbocycles. The van der Waals surface area contributed by atoms with Crippen molar-refractivity contribution in [3.8, 4) is 23.0 Å². The highest BCUT2D eigenvalue weighted by Crippen LogP contribution is 2.37. The third-order valence-corrected chi connectivity index (χ3v) is 5.02. The van der Waals surface area contributed by atoms with Crippen LogP contribution in [0.3, 0.4) is 0 Å². The molecular weight excluding hydrogens is 436 g/mol. The van der Waals surface area contributed by atoms with Crippen LogP contribution in [0.1, 0.15) is 13.3 Å². The van der Waals surface area contributed by atoms with Gasteiger partial charge in [0.1, 0.15) is 17.6 Å². The predicted octanol–water partition coefficient (Wildman–Crippen LogP) is 4.94. The molecule has 1 aliphatic rings. The number of carbonyl (C=O) groups is 1. The Labute approximate surface area is 189 Å². The van der Waals surface area contributed by atoms with Gasteiger partial charge in [-0.15, -0.1) is 0 Å². The molecule has 2 aromatic carbocycles. The first-order chi connectivity index (χ1) is 15.5. The van der Waals surface area contributed by atoms with Crippen molar-refractivity contribution in [2.75, 3.05) is 19.5 Å². The topological polar surface area (TPSA) is 103 Å². The van der Waals surface area contributed by atoms with E-state index in [1.54, 1.807) is 56.8 Å². The van der Waals surface area contributed by atoms with Crippen LogP contribution in [0.4, 0.5) is 10.5 Å². The lowest BCUT2D eigenvalue weighted by Gasteiger charge is -2.13. The number of rotatable bonds is 5. The first-order valence-electron chi connectivity index (χ1n) is 9.75. The number of hydrogen-bond donors (Lipinski definition) is 2. The number of oxime groups is 1. The summed E-state index contributed by atoms with van der Waals surface area (Å²) in [5, 5.41) is 10.2. The number of carbonyl (C=O) groups excluding carboxylic acids is 1. The molecule has 9 nitrogen and oxygen atoms in total. The largest absolute Gasteiger partial charge is 0.493 e. The van der Waals surface area contributed by atoms with Crippen LogP contribution < -0.4 is 24.8 Å². The second-order valence-corrected chi connectivity index (χ2v) is 7.42. The van der Waals surface area contributed by atoms with Crippen LogP contribution in [0.15, 0.2) is 47.8 Å². The molecule has 2 amide bonds. The van der Waals surface area contributed by atoms with Crippen LogP contribution in [-0.2, 0) is 4.84 Å². The van der Waals surface area contributed by atoms with E-state index in [0.29, 0.717) is 51.5 Å². The molecule has 1 aromatic heterocycles. The highest BCUT2D eigenvalue weighted by molar-refractivity contribution is 6.34. The Morgan fingerprint density at radius 1 is 1.09 bits per heavy atom. The fraction of sp³-hybridized carbons (Fsp3) is 0.227. The van der Waals surface area contributed by atoms with Crippen LogP contribution in [-0.4, -0.2) is 37.2 Å². The number of methoxy groups -OCH3 is 2. The second-order valence-electron chi connectivity index (χ2n) is 7.01. The second kappa shape index (κ2) is 9.19. The summed E-state index contributed by atoms with van der Waals surface area (Å²) in [5.41, 5.74) is 1.12. The van der Waals surface area contributed by atoms with Crippen molar-refractivity contribution in [3.05, 3.63) is 47.6 Å². The van der Waals surface area contributed by atoms with E-state index in [1.165, 1.54) is 0 Å². The standard InChI is InChI=1S/C22H21ClN4O5/c1-12-8-21(27-32-12)26-22(28)25-16-5-4-13(9-15(16)23)31-18-6-7-24-17-11-20(30-3)19(29-2)10-14(17)18/h4-7,9-12H,8H2,1-3H3,(H2,25,26,27,28). The van der Waals surface area contributed by atoms with E-state index in [4.69, 9.17) is 30.6 Å². The molecular formula is C22H21ClN4O5. The zero-order valence-corrected chi connectivity index (χ0v) is 18.4. The summed E-state index contributed by atoms with van der Waals surface area (Å²) in [6.45, 7) is 1.87. The van der Waals surface area contributed by atoms with E-state index in [2.05, 4.69) is 20.8 Å². The Hall–Kier alpha value is -3.72. The van der Waals surface area contributed by atoms with Crippen molar-refractivity contribution in [2.45, 2.75) is 19.4 Å². The number of nitrogens with one attached hydrogen (secondary N) is 2. The Kier molecular flexibility index (Phi) is 6.18. The summed E-state index contributed by atoms with van der Waals surface area (Å²) in [5.74, 6) is 2.66. The fourth-order valence-corrected chi connectivity index (χ4v) is 3.40. The number of aromatic nitrogens is 1. The fourth-order valence-electron chi connectivity index (χ4n) is 3.18. The number of nitrogens with zero attached hydrogens (tertiary/aromatic N) is 2. The van der Waals surface area contributed by atoms with Gasteiger partial charge in [0.15, 0.2) is 17.3 Å². The molecule has 0 aliphatic carbocycles. The van der Waals surface area contributed by atoms with Crippen LogP contribution in [0.25, 0.3) is 10.9 Å². The van der Waals surface area contributed by atoms with E-state index in [-0.39, 0.29) is 6.10 Å². The molecule has 3 aromatic rings. The normalized spacial score (nSPS) is 15.0. The van der Waals surface area contributed by atoms with Crippen LogP contribution in [0.2, 0.25) is 5.02 Å². The Morgan fingerprint density at radius 3 is 2.56 bits per heavy atom. The highest BCUT2D eigenvalue weighted by Gasteiger charge is 2.19. The lowest BCUT2D eigenvalue weighted by molar-refractivity contribution is 0.0995. The van der Waals surface area contributed by atoms with E-state index >= 15 is 0 Å². The average Bonchev–Trinajstić information content (AvgIpc) is 3.19. The van der Waals surface area contributed by atoms with Gasteiger partial charge in [0.25, 0.3) is 0 Å². The number of amidine groups is 1. The molecule has 0 saturated heterocycles. The Balaban J connectivity index is 1.51. The van der Waals surface area contributed by atoms with Crippen molar-refractivity contribution in [1.29, 1.82) is 0 Å². The minimum Gasteiger partial charge on any atom is -0.493 e. The number of pyridine rings is 1. The third-order valence-electron chi connectivity index (χ3n) is 4.70. The van der Waals surface area contributed by atoms with Gasteiger partial charge in [0.05, 0.1) is 30.4 Å². The van der Waals surface area contributed by atoms with Crippen molar-refractivity contribution in [3.63, 3.8) is 0 Å². The maximum atomic E-state index is 12.2. The van der Waals surface area contributed by atoms with Gasteiger partial charge in [-0.3, -0.25) is 10.3 Å². The first kappa shape index (κ1) is 21.5. The molecule has 2 N–H and O–H groups in total. The zero-order chi connectivity index (χ0) is 22.7. The maximum Gasteiger partial charge on any atom is 0.324 e. The molecule has 10 heteroatoms. The van der Waals surface area contributed by atoms with Gasteiger partial charge >= 0.3 is 6.03 Å². The van der Waals surface area contributed by atoms with Gasteiger partial charge in [-0.25, -0.2) is 4.79 Å². The molecule has 0 radical (unpaired) electrons. The highest BCUT2D eigenvalue weighted by atomic mass is 35.5. The Morgan fingerprint density at radius 2 is 1.88 bits per heavy atom. The van der Waals surface area contributed by atoms with Crippen LogP contribution in [0, 0.1) is 0 Å². The smallest absolute Gasteiger partial charge is 0.324 e. The molecule has 1 atom stereocenters. The quantitative estimate of drug-likeness (QED) is 0.563. The van der Waals surface area contributed by atoms with Crippen molar-refractivity contribution in [1.82, 2.24) is 10.3 Å². The zero-order valence-electron chi connectivity index (χ0n) is 17.6. The molecule has 0 fully saturated rings. The summed E-state index contributed by atoms with van der Waals surface area (Å²) >= 11 is 6.36.